The van der Waals surface area contributed by atoms with Gasteiger partial charge in [0.15, 0.2) is 5.78 Å². The van der Waals surface area contributed by atoms with Gasteiger partial charge in [0.05, 0.1) is 0 Å². The van der Waals surface area contributed by atoms with Crippen LogP contribution in [0.1, 0.15) is 48.9 Å². The molecule has 1 amide bonds. The average molecular weight is 478 g/mol. The molecule has 0 aliphatic heterocycles. The molecule has 4 fully saturated rings. The first-order valence-corrected chi connectivity index (χ1v) is 12.6. The van der Waals surface area contributed by atoms with Crippen LogP contribution in [0.4, 0.5) is 8.78 Å². The number of benzene rings is 2. The van der Waals surface area contributed by atoms with E-state index in [9.17, 15) is 26.8 Å². The Hall–Kier alpha value is -2.39. The normalized spacial score (nSPS) is 28.7. The molecule has 6 nitrogen and oxygen atoms in total. The highest BCUT2D eigenvalue weighted by molar-refractivity contribution is 7.88. The molecule has 1 N–H and O–H groups in total. The molecule has 4 aliphatic rings. The van der Waals surface area contributed by atoms with Crippen molar-refractivity contribution >= 4 is 32.6 Å². The third-order valence-corrected chi connectivity index (χ3v) is 8.67. The number of hydrogen-bond acceptors (Lipinski definition) is 5. The minimum atomic E-state index is -5.67. The van der Waals surface area contributed by atoms with Gasteiger partial charge in [0.2, 0.25) is 0 Å². The number of nitrogens with one attached hydrogen (secondary N) is 1. The number of amides is 1. The first-order valence-electron chi connectivity index (χ1n) is 11.2. The molecule has 0 saturated heterocycles. The van der Waals surface area contributed by atoms with Crippen LogP contribution in [0.25, 0.3) is 10.8 Å². The SMILES string of the molecule is O=C(COS(=O)(=O)C(F)(F)C(=O)NC12CC3CC(CC(C3)C1)C2)c1cccc2ccccc12. The van der Waals surface area contributed by atoms with Crippen LogP contribution in [-0.2, 0) is 19.1 Å². The van der Waals surface area contributed by atoms with E-state index in [-0.39, 0.29) is 5.56 Å². The maximum atomic E-state index is 14.7. The molecule has 2 aromatic carbocycles. The Kier molecular flexibility index (Phi) is 5.32. The van der Waals surface area contributed by atoms with Gasteiger partial charge in [0.25, 0.3) is 0 Å². The van der Waals surface area contributed by atoms with Gasteiger partial charge in [-0.05, 0) is 67.1 Å². The van der Waals surface area contributed by atoms with E-state index in [1.54, 1.807) is 36.4 Å². The fourth-order valence-corrected chi connectivity index (χ4v) is 7.13. The first kappa shape index (κ1) is 22.4. The average Bonchev–Trinajstić information content (AvgIpc) is 2.75. The minimum Gasteiger partial charge on any atom is -0.344 e. The number of rotatable bonds is 7. The highest BCUT2D eigenvalue weighted by Crippen LogP contribution is 2.55. The molecule has 9 heteroatoms. The zero-order valence-electron chi connectivity index (χ0n) is 17.9. The number of hydrogen-bond donors (Lipinski definition) is 1. The van der Waals surface area contributed by atoms with Crippen molar-refractivity contribution in [2.45, 2.75) is 49.3 Å². The lowest BCUT2D eigenvalue weighted by Gasteiger charge is -2.57. The van der Waals surface area contributed by atoms with E-state index >= 15 is 0 Å². The monoisotopic (exact) mass is 477 g/mol. The second kappa shape index (κ2) is 7.84. The number of halogens is 2. The molecule has 6 rings (SSSR count). The van der Waals surface area contributed by atoms with Gasteiger partial charge in [-0.15, -0.1) is 0 Å². The van der Waals surface area contributed by atoms with Gasteiger partial charge in [0, 0.05) is 11.1 Å². The molecule has 0 unspecified atom stereocenters. The molecule has 4 bridgehead atoms. The van der Waals surface area contributed by atoms with E-state index in [0.717, 1.165) is 24.6 Å². The standard InChI is InChI=1S/C24H25F2NO5S/c25-24(26,22(29)27-23-11-15-8-16(12-23)10-17(9-15)13-23)33(30,31)32-14-21(28)20-7-3-5-18-4-1-2-6-19(18)20/h1-7,15-17H,8-14H2,(H,27,29). The Bertz CT molecular complexity index is 1190. The lowest BCUT2D eigenvalue weighted by Crippen LogP contribution is -2.63. The number of carbonyl (C=O) groups is 2. The molecule has 0 spiro atoms. The lowest BCUT2D eigenvalue weighted by atomic mass is 9.53. The fourth-order valence-electron chi connectivity index (χ4n) is 6.44. The summed E-state index contributed by atoms with van der Waals surface area (Å²) < 4.78 is 58.5. The third kappa shape index (κ3) is 3.95. The van der Waals surface area contributed by atoms with Crippen LogP contribution in [0.15, 0.2) is 42.5 Å². The summed E-state index contributed by atoms with van der Waals surface area (Å²) in [5.74, 6) is -1.49. The van der Waals surface area contributed by atoms with Crippen LogP contribution >= 0.6 is 0 Å². The molecule has 0 aromatic heterocycles. The van der Waals surface area contributed by atoms with Gasteiger partial charge < -0.3 is 5.32 Å². The second-order valence-corrected chi connectivity index (χ2v) is 11.5. The van der Waals surface area contributed by atoms with Crippen LogP contribution < -0.4 is 5.32 Å². The number of alkyl halides is 2. The lowest BCUT2D eigenvalue weighted by molar-refractivity contribution is -0.142. The fraction of sp³-hybridized carbons (Fsp3) is 0.500. The summed E-state index contributed by atoms with van der Waals surface area (Å²) in [7, 11) is -5.67. The van der Waals surface area contributed by atoms with E-state index in [1.165, 1.54) is 6.07 Å². The smallest absolute Gasteiger partial charge is 0.344 e. The molecular weight excluding hydrogens is 452 g/mol. The molecule has 4 aliphatic carbocycles. The molecule has 4 saturated carbocycles. The van der Waals surface area contributed by atoms with Crippen LogP contribution in [0.2, 0.25) is 0 Å². The number of fused-ring (bicyclic) bond motifs is 1. The van der Waals surface area contributed by atoms with E-state index in [0.29, 0.717) is 42.4 Å². The summed E-state index contributed by atoms with van der Waals surface area (Å²) in [5.41, 5.74) is -0.617. The predicted octanol–water partition coefficient (Wildman–Crippen LogP) is 4.05. The zero-order valence-corrected chi connectivity index (χ0v) is 18.7. The summed E-state index contributed by atoms with van der Waals surface area (Å²) in [4.78, 5) is 25.0. The van der Waals surface area contributed by atoms with Gasteiger partial charge in [0.1, 0.15) is 6.61 Å². The summed E-state index contributed by atoms with van der Waals surface area (Å²) in [5, 5.41) is -1.12. The molecule has 0 radical (unpaired) electrons. The minimum absolute atomic E-state index is 0.157. The summed E-state index contributed by atoms with van der Waals surface area (Å²) >= 11 is 0. The number of ketones is 1. The van der Waals surface area contributed by atoms with Crippen LogP contribution in [0.3, 0.4) is 0 Å². The molecular formula is C24H25F2NO5S. The first-order chi connectivity index (χ1) is 15.6. The van der Waals surface area contributed by atoms with Crippen molar-refractivity contribution in [3.8, 4) is 0 Å². The van der Waals surface area contributed by atoms with Crippen LogP contribution in [0, 0.1) is 17.8 Å². The molecule has 33 heavy (non-hydrogen) atoms. The molecule has 176 valence electrons. The summed E-state index contributed by atoms with van der Waals surface area (Å²) in [6.07, 6.45) is 4.93. The maximum Gasteiger partial charge on any atom is 0.446 e. The summed E-state index contributed by atoms with van der Waals surface area (Å²) in [6, 6.07) is 11.8. The Labute approximate surface area is 190 Å². The highest BCUT2D eigenvalue weighted by Gasteiger charge is 2.58. The largest absolute Gasteiger partial charge is 0.446 e. The Balaban J connectivity index is 1.28. The van der Waals surface area contributed by atoms with Crippen molar-refractivity contribution in [2.75, 3.05) is 6.61 Å². The Morgan fingerprint density at radius 2 is 1.55 bits per heavy atom. The Morgan fingerprint density at radius 1 is 0.970 bits per heavy atom. The van der Waals surface area contributed by atoms with Crippen LogP contribution in [-0.4, -0.2) is 37.5 Å². The van der Waals surface area contributed by atoms with Crippen molar-refractivity contribution in [2.24, 2.45) is 17.8 Å². The van der Waals surface area contributed by atoms with E-state index in [1.807, 2.05) is 0 Å². The third-order valence-electron chi connectivity index (χ3n) is 7.43. The topological polar surface area (TPSA) is 89.5 Å². The van der Waals surface area contributed by atoms with Crippen molar-refractivity contribution in [1.29, 1.82) is 0 Å². The number of Topliss-reactive ketones (excluding diaryl/α,β-unsaturated/α-hetero) is 1. The van der Waals surface area contributed by atoms with Gasteiger partial charge >= 0.3 is 21.3 Å². The quantitative estimate of drug-likeness (QED) is 0.480. The zero-order chi connectivity index (χ0) is 23.4. The van der Waals surface area contributed by atoms with E-state index in [4.69, 9.17) is 0 Å². The van der Waals surface area contributed by atoms with Gasteiger partial charge in [-0.25, -0.2) is 0 Å². The second-order valence-electron chi connectivity index (χ2n) is 9.83. The van der Waals surface area contributed by atoms with Crippen molar-refractivity contribution in [3.63, 3.8) is 0 Å². The molecule has 0 heterocycles. The van der Waals surface area contributed by atoms with Gasteiger partial charge in [-0.1, -0.05) is 42.5 Å². The highest BCUT2D eigenvalue weighted by atomic mass is 32.2. The van der Waals surface area contributed by atoms with Crippen molar-refractivity contribution in [3.05, 3.63) is 48.0 Å². The molecule has 0 atom stereocenters. The van der Waals surface area contributed by atoms with E-state index in [2.05, 4.69) is 9.50 Å². The van der Waals surface area contributed by atoms with Gasteiger partial charge in [-0.2, -0.15) is 17.2 Å². The Morgan fingerprint density at radius 3 is 2.18 bits per heavy atom. The van der Waals surface area contributed by atoms with Crippen molar-refractivity contribution < 1.29 is 31.0 Å². The van der Waals surface area contributed by atoms with Crippen LogP contribution in [0.5, 0.6) is 0 Å². The number of carbonyl (C=O) groups excluding carboxylic acids is 2. The maximum absolute atomic E-state index is 14.7. The predicted molar refractivity (Wildman–Crippen MR) is 117 cm³/mol. The van der Waals surface area contributed by atoms with Gasteiger partial charge in [-0.3, -0.25) is 13.8 Å². The van der Waals surface area contributed by atoms with E-state index < -0.39 is 39.2 Å². The summed E-state index contributed by atoms with van der Waals surface area (Å²) in [6.45, 7) is -1.11. The van der Waals surface area contributed by atoms with Crippen molar-refractivity contribution in [1.82, 2.24) is 5.32 Å². The molecule has 2 aromatic rings.